The van der Waals surface area contributed by atoms with Crippen molar-refractivity contribution in [3.8, 4) is 0 Å². The largest absolute Gasteiger partial charge is 0.500 e. The first-order chi connectivity index (χ1) is 11.8. The van der Waals surface area contributed by atoms with E-state index in [4.69, 9.17) is 19.0 Å². The summed E-state index contributed by atoms with van der Waals surface area (Å²) in [7, 11) is 2.61. The lowest BCUT2D eigenvalue weighted by atomic mass is 9.81. The first-order valence-corrected chi connectivity index (χ1v) is 12.2. The molecule has 0 amide bonds. The van der Waals surface area contributed by atoms with Crippen molar-refractivity contribution in [2.75, 3.05) is 21.3 Å². The van der Waals surface area contributed by atoms with Crippen LogP contribution in [0.2, 0.25) is 6.04 Å². The van der Waals surface area contributed by atoms with E-state index in [1.165, 1.54) is 57.8 Å². The topological polar surface area (TPSA) is 53.7 Å². The van der Waals surface area contributed by atoms with Crippen molar-refractivity contribution in [2.24, 2.45) is 11.7 Å². The second-order valence-corrected chi connectivity index (χ2v) is 11.1. The Balaban J connectivity index is 4.10. The second-order valence-electron chi connectivity index (χ2n) is 7.97. The molecular formula is C20H45NO3Si. The lowest BCUT2D eigenvalue weighted by molar-refractivity contribution is 0.121. The molecule has 0 radical (unpaired) electrons. The van der Waals surface area contributed by atoms with Gasteiger partial charge in [0.15, 0.2) is 0 Å². The summed E-state index contributed by atoms with van der Waals surface area (Å²) in [5.41, 5.74) is 6.31. The molecule has 4 nitrogen and oxygen atoms in total. The highest BCUT2D eigenvalue weighted by atomic mass is 28.4. The van der Waals surface area contributed by atoms with E-state index in [0.717, 1.165) is 18.9 Å². The second kappa shape index (κ2) is 14.2. The molecule has 0 aliphatic rings. The van der Waals surface area contributed by atoms with Crippen LogP contribution in [0.5, 0.6) is 0 Å². The summed E-state index contributed by atoms with van der Waals surface area (Å²) in [5, 5.41) is 0. The van der Waals surface area contributed by atoms with Gasteiger partial charge in [-0.3, -0.25) is 0 Å². The molecule has 0 saturated carbocycles. The van der Waals surface area contributed by atoms with E-state index in [0.29, 0.717) is 5.92 Å². The molecule has 1 atom stereocenters. The average molecular weight is 376 g/mol. The van der Waals surface area contributed by atoms with Gasteiger partial charge < -0.3 is 19.0 Å². The van der Waals surface area contributed by atoms with Crippen molar-refractivity contribution < 1.29 is 13.3 Å². The van der Waals surface area contributed by atoms with E-state index in [9.17, 15) is 0 Å². The average Bonchev–Trinajstić information content (AvgIpc) is 2.58. The van der Waals surface area contributed by atoms with Crippen LogP contribution in [0.4, 0.5) is 0 Å². The molecular weight excluding hydrogens is 330 g/mol. The molecule has 0 saturated heterocycles. The normalized spacial score (nSPS) is 14.0. The minimum Gasteiger partial charge on any atom is -0.377 e. The number of rotatable bonds is 17. The van der Waals surface area contributed by atoms with Crippen molar-refractivity contribution >= 4 is 8.80 Å². The van der Waals surface area contributed by atoms with Crippen LogP contribution in [-0.2, 0) is 13.3 Å². The zero-order valence-electron chi connectivity index (χ0n) is 17.9. The van der Waals surface area contributed by atoms with Gasteiger partial charge in [0, 0.05) is 32.9 Å². The summed E-state index contributed by atoms with van der Waals surface area (Å²) in [6.45, 7) is 6.60. The summed E-state index contributed by atoms with van der Waals surface area (Å²) < 4.78 is 16.6. The molecule has 5 heteroatoms. The third kappa shape index (κ3) is 11.4. The zero-order chi connectivity index (χ0) is 19.2. The van der Waals surface area contributed by atoms with Gasteiger partial charge in [-0.15, -0.1) is 0 Å². The van der Waals surface area contributed by atoms with Gasteiger partial charge in [-0.2, -0.15) is 0 Å². The predicted octanol–water partition coefficient (Wildman–Crippen LogP) is 5.53. The first-order valence-electron chi connectivity index (χ1n) is 10.3. The molecule has 0 rings (SSSR count). The zero-order valence-corrected chi connectivity index (χ0v) is 18.9. The molecule has 0 spiro atoms. The molecule has 152 valence electrons. The maximum Gasteiger partial charge on any atom is 0.500 e. The van der Waals surface area contributed by atoms with Gasteiger partial charge in [0.2, 0.25) is 0 Å². The van der Waals surface area contributed by atoms with Gasteiger partial charge in [-0.05, 0) is 39.0 Å². The van der Waals surface area contributed by atoms with Crippen molar-refractivity contribution in [3.05, 3.63) is 0 Å². The van der Waals surface area contributed by atoms with Crippen molar-refractivity contribution in [3.63, 3.8) is 0 Å². The highest BCUT2D eigenvalue weighted by Crippen LogP contribution is 2.28. The van der Waals surface area contributed by atoms with E-state index in [2.05, 4.69) is 20.8 Å². The number of hydrogen-bond donors (Lipinski definition) is 1. The van der Waals surface area contributed by atoms with E-state index in [-0.39, 0.29) is 5.54 Å². The third-order valence-electron chi connectivity index (χ3n) is 5.43. The highest BCUT2D eigenvalue weighted by molar-refractivity contribution is 6.60. The minimum absolute atomic E-state index is 0.126. The SMILES string of the molecule is CCCCCCCCCCC(CCC[Si](OC)(OC)OC)C(C)(C)N. The molecule has 0 aromatic carbocycles. The Kier molecular flexibility index (Phi) is 14.2. The summed E-state index contributed by atoms with van der Waals surface area (Å²) in [6, 6.07) is 0.862. The monoisotopic (exact) mass is 375 g/mol. The van der Waals surface area contributed by atoms with Crippen LogP contribution in [0.1, 0.15) is 91.4 Å². The summed E-state index contributed by atoms with van der Waals surface area (Å²) in [4.78, 5) is 0. The Labute approximate surface area is 158 Å². The molecule has 0 heterocycles. The molecule has 25 heavy (non-hydrogen) atoms. The standard InChI is InChI=1S/C20H45NO3Si/c1-7-8-9-10-11-12-13-14-16-19(20(2,3)21)17-15-18-25(22-4,23-5)24-6/h19H,7-18,21H2,1-6H3. The van der Waals surface area contributed by atoms with Crippen LogP contribution in [0.25, 0.3) is 0 Å². The maximum atomic E-state index is 6.44. The van der Waals surface area contributed by atoms with Crippen LogP contribution < -0.4 is 5.73 Å². The molecule has 0 aromatic rings. The highest BCUT2D eigenvalue weighted by Gasteiger charge is 2.37. The van der Waals surface area contributed by atoms with Gasteiger partial charge >= 0.3 is 8.80 Å². The van der Waals surface area contributed by atoms with E-state index < -0.39 is 8.80 Å². The number of unbranched alkanes of at least 4 members (excludes halogenated alkanes) is 7. The molecule has 2 N–H and O–H groups in total. The van der Waals surface area contributed by atoms with Gasteiger partial charge in [0.05, 0.1) is 0 Å². The minimum atomic E-state index is -2.44. The Hall–Kier alpha value is 0.0569. The third-order valence-corrected chi connectivity index (χ3v) is 8.26. The van der Waals surface area contributed by atoms with E-state index in [1.807, 2.05) is 0 Å². The quantitative estimate of drug-likeness (QED) is 0.268. The van der Waals surface area contributed by atoms with E-state index in [1.54, 1.807) is 21.3 Å². The Morgan fingerprint density at radius 3 is 1.64 bits per heavy atom. The lowest BCUT2D eigenvalue weighted by Crippen LogP contribution is -2.44. The first kappa shape index (κ1) is 25.1. The fourth-order valence-corrected chi connectivity index (χ4v) is 5.28. The maximum absolute atomic E-state index is 6.44. The summed E-state index contributed by atoms with van der Waals surface area (Å²) in [6.07, 6.45) is 14.3. The van der Waals surface area contributed by atoms with E-state index >= 15 is 0 Å². The Bertz CT molecular complexity index is 296. The van der Waals surface area contributed by atoms with Crippen LogP contribution >= 0.6 is 0 Å². The van der Waals surface area contributed by atoms with Gasteiger partial charge in [0.1, 0.15) is 0 Å². The molecule has 0 aliphatic heterocycles. The number of hydrogen-bond acceptors (Lipinski definition) is 4. The predicted molar refractivity (Wildman–Crippen MR) is 110 cm³/mol. The lowest BCUT2D eigenvalue weighted by Gasteiger charge is -2.32. The van der Waals surface area contributed by atoms with Crippen molar-refractivity contribution in [1.82, 2.24) is 0 Å². The Morgan fingerprint density at radius 2 is 1.20 bits per heavy atom. The molecule has 0 bridgehead atoms. The van der Waals surface area contributed by atoms with Crippen LogP contribution in [0.15, 0.2) is 0 Å². The van der Waals surface area contributed by atoms with Gasteiger partial charge in [-0.25, -0.2) is 0 Å². The van der Waals surface area contributed by atoms with Gasteiger partial charge in [-0.1, -0.05) is 58.3 Å². The number of nitrogens with two attached hydrogens (primary N) is 1. The smallest absolute Gasteiger partial charge is 0.377 e. The summed E-state index contributed by atoms with van der Waals surface area (Å²) in [5.74, 6) is 0.546. The van der Waals surface area contributed by atoms with Crippen molar-refractivity contribution in [1.29, 1.82) is 0 Å². The van der Waals surface area contributed by atoms with Crippen LogP contribution in [0.3, 0.4) is 0 Å². The molecule has 0 aromatic heterocycles. The summed E-state index contributed by atoms with van der Waals surface area (Å²) >= 11 is 0. The molecule has 0 aliphatic carbocycles. The van der Waals surface area contributed by atoms with Crippen molar-refractivity contribution in [2.45, 2.75) is 103 Å². The van der Waals surface area contributed by atoms with Gasteiger partial charge in [0.25, 0.3) is 0 Å². The fraction of sp³-hybridized carbons (Fsp3) is 1.00. The molecule has 0 fully saturated rings. The Morgan fingerprint density at radius 1 is 0.760 bits per heavy atom. The van der Waals surface area contributed by atoms with Crippen LogP contribution in [-0.4, -0.2) is 35.7 Å². The molecule has 1 unspecified atom stereocenters. The fourth-order valence-electron chi connectivity index (χ4n) is 3.53. The van der Waals surface area contributed by atoms with Crippen LogP contribution in [0, 0.1) is 5.92 Å².